The first-order valence-electron chi connectivity index (χ1n) is 12.5. The Morgan fingerprint density at radius 1 is 1.10 bits per heavy atom. The summed E-state index contributed by atoms with van der Waals surface area (Å²) >= 11 is 2.41. The highest BCUT2D eigenvalue weighted by atomic mass is 32.2. The van der Waals surface area contributed by atoms with Crippen LogP contribution < -0.4 is 20.5 Å². The quantitative estimate of drug-likeness (QED) is 0.290. The highest BCUT2D eigenvalue weighted by molar-refractivity contribution is 7.89. The number of nitrogens with zero attached hydrogens (tertiary/aromatic N) is 7. The predicted molar refractivity (Wildman–Crippen MR) is 156 cm³/mol. The number of piperazine rings is 1. The number of benzene rings is 1. The Morgan fingerprint density at radius 3 is 2.59 bits per heavy atom. The number of nitrogens with one attached hydrogen (secondary N) is 1. The van der Waals surface area contributed by atoms with E-state index in [1.54, 1.807) is 44.6 Å². The second-order valence-electron chi connectivity index (χ2n) is 9.19. The van der Waals surface area contributed by atoms with Crippen LogP contribution in [-0.2, 0) is 21.4 Å². The summed E-state index contributed by atoms with van der Waals surface area (Å²) in [6, 6.07) is 7.11. The number of carbonyl (C=O) groups excluding carboxylic acids is 1. The van der Waals surface area contributed by atoms with Crippen LogP contribution >= 0.6 is 22.7 Å². The molecule has 41 heavy (non-hydrogen) atoms. The molecule has 0 atom stereocenters. The maximum Gasteiger partial charge on any atom is 0.263 e. The molecule has 4 aromatic heterocycles. The molecule has 1 aliphatic heterocycles. The van der Waals surface area contributed by atoms with Crippen molar-refractivity contribution in [3.05, 3.63) is 58.2 Å². The zero-order valence-electron chi connectivity index (χ0n) is 22.0. The van der Waals surface area contributed by atoms with Crippen LogP contribution in [0, 0.1) is 6.92 Å². The molecule has 1 aliphatic rings. The van der Waals surface area contributed by atoms with Crippen LogP contribution in [-0.4, -0.2) is 76.4 Å². The second-order valence-corrected chi connectivity index (χ2v) is 13.3. The molecule has 0 bridgehead atoms. The average Bonchev–Trinajstić information content (AvgIpc) is 3.54. The Kier molecular flexibility index (Phi) is 7.14. The normalized spacial score (nSPS) is 14.5. The summed E-state index contributed by atoms with van der Waals surface area (Å²) < 4.78 is 36.1. The molecule has 1 saturated heterocycles. The number of methoxy groups -OCH3 is 1. The summed E-state index contributed by atoms with van der Waals surface area (Å²) in [5, 5.41) is 3.07. The first-order valence-corrected chi connectivity index (χ1v) is 15.6. The number of sulfonamides is 1. The van der Waals surface area contributed by atoms with E-state index in [9.17, 15) is 18.0 Å². The van der Waals surface area contributed by atoms with Crippen LogP contribution in [0.5, 0.6) is 5.75 Å². The Morgan fingerprint density at radius 2 is 1.85 bits per heavy atom. The summed E-state index contributed by atoms with van der Waals surface area (Å²) in [6.07, 6.45) is 4.54. The van der Waals surface area contributed by atoms with Crippen molar-refractivity contribution in [2.24, 2.45) is 0 Å². The predicted octanol–water partition coefficient (Wildman–Crippen LogP) is 2.32. The zero-order chi connectivity index (χ0) is 28.7. The molecule has 1 amide bonds. The smallest absolute Gasteiger partial charge is 0.263 e. The van der Waals surface area contributed by atoms with E-state index >= 15 is 0 Å². The van der Waals surface area contributed by atoms with Gasteiger partial charge in [-0.05, 0) is 31.2 Å². The number of aryl methyl sites for hydroxylation is 1. The number of ether oxygens (including phenoxy) is 1. The fourth-order valence-corrected chi connectivity index (χ4v) is 8.65. The Labute approximate surface area is 242 Å². The van der Waals surface area contributed by atoms with Gasteiger partial charge in [0.25, 0.3) is 5.56 Å². The molecule has 0 spiro atoms. The van der Waals surface area contributed by atoms with Gasteiger partial charge in [-0.1, -0.05) is 11.3 Å². The third kappa shape index (κ3) is 5.14. The summed E-state index contributed by atoms with van der Waals surface area (Å²) in [4.78, 5) is 46.2. The molecule has 1 fully saturated rings. The molecule has 0 aliphatic carbocycles. The number of fused-ring (bicyclic) bond motifs is 2. The van der Waals surface area contributed by atoms with Gasteiger partial charge >= 0.3 is 0 Å². The van der Waals surface area contributed by atoms with Crippen LogP contribution in [0.25, 0.3) is 20.4 Å². The van der Waals surface area contributed by atoms with E-state index in [0.717, 1.165) is 20.6 Å². The van der Waals surface area contributed by atoms with Gasteiger partial charge in [-0.3, -0.25) is 14.2 Å². The number of anilines is 2. The number of hydrogen-bond donors (Lipinski definition) is 1. The molecule has 5 aromatic rings. The van der Waals surface area contributed by atoms with E-state index in [2.05, 4.69) is 25.3 Å². The fourth-order valence-electron chi connectivity index (χ4n) is 4.65. The van der Waals surface area contributed by atoms with Gasteiger partial charge < -0.3 is 15.0 Å². The summed E-state index contributed by atoms with van der Waals surface area (Å²) in [6.45, 7) is 2.54. The van der Waals surface area contributed by atoms with Gasteiger partial charge in [-0.15, -0.1) is 11.3 Å². The van der Waals surface area contributed by atoms with E-state index in [1.807, 2.05) is 11.0 Å². The molecule has 0 radical (unpaired) electrons. The van der Waals surface area contributed by atoms with Gasteiger partial charge in [0.1, 0.15) is 22.0 Å². The number of amides is 1. The van der Waals surface area contributed by atoms with Crippen molar-refractivity contribution in [3.8, 4) is 5.75 Å². The lowest BCUT2D eigenvalue weighted by atomic mass is 10.3. The van der Waals surface area contributed by atoms with E-state index in [1.165, 1.54) is 22.0 Å². The molecular weight excluding hydrogens is 589 g/mol. The largest absolute Gasteiger partial charge is 0.497 e. The van der Waals surface area contributed by atoms with Gasteiger partial charge in [0.05, 0.1) is 29.0 Å². The third-order valence-electron chi connectivity index (χ3n) is 6.63. The van der Waals surface area contributed by atoms with Crippen molar-refractivity contribution < 1.29 is 17.9 Å². The number of thiazole rings is 1. The highest BCUT2D eigenvalue weighted by Crippen LogP contribution is 2.33. The highest BCUT2D eigenvalue weighted by Gasteiger charge is 2.34. The molecule has 1 aromatic carbocycles. The van der Waals surface area contributed by atoms with E-state index in [-0.39, 0.29) is 29.9 Å². The fraction of sp³-hybridized carbons (Fsp3) is 0.280. The van der Waals surface area contributed by atoms with Crippen molar-refractivity contribution in [2.45, 2.75) is 18.4 Å². The summed E-state index contributed by atoms with van der Waals surface area (Å²) in [5.74, 6) is 0.724. The van der Waals surface area contributed by atoms with Crippen molar-refractivity contribution >= 4 is 70.1 Å². The van der Waals surface area contributed by atoms with E-state index in [0.29, 0.717) is 45.1 Å². The van der Waals surface area contributed by atoms with Crippen LogP contribution in [0.1, 0.15) is 4.88 Å². The number of thiophene rings is 1. The Balaban J connectivity index is 1.24. The van der Waals surface area contributed by atoms with Crippen LogP contribution in [0.3, 0.4) is 0 Å². The molecular formula is C25H24N8O5S3. The van der Waals surface area contributed by atoms with Gasteiger partial charge in [0.15, 0.2) is 5.13 Å². The van der Waals surface area contributed by atoms with Crippen LogP contribution in [0.15, 0.2) is 52.7 Å². The topological polar surface area (TPSA) is 153 Å². The zero-order valence-corrected chi connectivity index (χ0v) is 24.4. The maximum absolute atomic E-state index is 13.8. The van der Waals surface area contributed by atoms with Crippen LogP contribution in [0.4, 0.5) is 11.1 Å². The average molecular weight is 613 g/mol. The molecule has 5 heterocycles. The number of aromatic nitrogens is 5. The molecule has 212 valence electrons. The molecule has 13 nitrogen and oxygen atoms in total. The van der Waals surface area contributed by atoms with E-state index < -0.39 is 21.5 Å². The first kappa shape index (κ1) is 27.2. The van der Waals surface area contributed by atoms with Crippen molar-refractivity contribution in [1.82, 2.24) is 28.8 Å². The standard InChI is InChI=1S/C25H24N8O5S3/c1-15-21(41(36,37)33-10-8-31(9-11-33)24-26-6-3-7-27-24)20-22(39-15)28-14-32(23(20)35)13-19(34)30-25-29-17-5-4-16(38-2)12-18(17)40-25/h3-7,12,14H,8-11,13H2,1-2H3,(H,29,30,34). The summed E-state index contributed by atoms with van der Waals surface area (Å²) in [7, 11) is -2.44. The molecule has 16 heteroatoms. The number of hydrogen-bond acceptors (Lipinski definition) is 12. The minimum atomic E-state index is -4.01. The van der Waals surface area contributed by atoms with Crippen molar-refractivity contribution in [3.63, 3.8) is 0 Å². The van der Waals surface area contributed by atoms with E-state index in [4.69, 9.17) is 4.74 Å². The minimum Gasteiger partial charge on any atom is -0.497 e. The van der Waals surface area contributed by atoms with Crippen molar-refractivity contribution in [2.75, 3.05) is 43.5 Å². The Bertz CT molecular complexity index is 1930. The SMILES string of the molecule is COc1ccc2nc(NC(=O)Cn3cnc4sc(C)c(S(=O)(=O)N5CCN(c6ncccn6)CC5)c4c3=O)sc2c1. The Hall–Kier alpha value is -3.99. The lowest BCUT2D eigenvalue weighted by Gasteiger charge is -2.33. The minimum absolute atomic E-state index is 0.0105. The maximum atomic E-state index is 13.8. The van der Waals surface area contributed by atoms with Crippen LogP contribution in [0.2, 0.25) is 0 Å². The summed E-state index contributed by atoms with van der Waals surface area (Å²) in [5.41, 5.74) is 0.102. The number of rotatable bonds is 7. The third-order valence-corrected chi connectivity index (χ3v) is 10.8. The molecule has 0 unspecified atom stereocenters. The lowest BCUT2D eigenvalue weighted by Crippen LogP contribution is -2.49. The number of carbonyl (C=O) groups is 1. The monoisotopic (exact) mass is 612 g/mol. The van der Waals surface area contributed by atoms with Gasteiger partial charge in [-0.2, -0.15) is 4.31 Å². The van der Waals surface area contributed by atoms with Gasteiger partial charge in [0.2, 0.25) is 21.9 Å². The second kappa shape index (κ2) is 10.8. The molecule has 1 N–H and O–H groups in total. The lowest BCUT2D eigenvalue weighted by molar-refractivity contribution is -0.116. The first-order chi connectivity index (χ1) is 19.7. The molecule has 0 saturated carbocycles. The van der Waals surface area contributed by atoms with Gasteiger partial charge in [-0.25, -0.2) is 28.4 Å². The molecule has 6 rings (SSSR count). The van der Waals surface area contributed by atoms with Gasteiger partial charge in [0, 0.05) is 43.4 Å². The van der Waals surface area contributed by atoms with Crippen molar-refractivity contribution in [1.29, 1.82) is 0 Å².